The fourth-order valence-electron chi connectivity index (χ4n) is 3.45. The van der Waals surface area contributed by atoms with E-state index in [4.69, 9.17) is 4.74 Å². The van der Waals surface area contributed by atoms with Gasteiger partial charge in [-0.05, 0) is 62.7 Å². The number of benzene rings is 2. The number of imidazole rings is 1. The smallest absolute Gasteiger partial charge is 0.338 e. The average Bonchev–Trinajstić information content (AvgIpc) is 3.15. The Labute approximate surface area is 183 Å². The molecule has 4 rings (SSSR count). The van der Waals surface area contributed by atoms with Crippen molar-refractivity contribution in [2.24, 2.45) is 0 Å². The minimum atomic E-state index is -0.386. The van der Waals surface area contributed by atoms with E-state index in [1.807, 2.05) is 18.2 Å². The van der Waals surface area contributed by atoms with Gasteiger partial charge in [-0.2, -0.15) is 5.26 Å². The van der Waals surface area contributed by atoms with Crippen LogP contribution in [0.25, 0.3) is 22.9 Å². The van der Waals surface area contributed by atoms with Crippen LogP contribution in [0, 0.1) is 18.3 Å². The molecule has 0 unspecified atom stereocenters. The van der Waals surface area contributed by atoms with Crippen LogP contribution in [0.2, 0.25) is 0 Å². The number of fused-ring (bicyclic) bond motifs is 3. The van der Waals surface area contributed by atoms with Gasteiger partial charge in [0.2, 0.25) is 0 Å². The monoisotopic (exact) mass is 427 g/mol. The Bertz CT molecular complexity index is 1480. The van der Waals surface area contributed by atoms with Crippen LogP contribution in [0.4, 0.5) is 5.69 Å². The van der Waals surface area contributed by atoms with Crippen molar-refractivity contribution in [1.29, 1.82) is 5.26 Å². The number of anilines is 1. The van der Waals surface area contributed by atoms with Crippen LogP contribution in [0.1, 0.15) is 35.3 Å². The van der Waals surface area contributed by atoms with Gasteiger partial charge in [-0.15, -0.1) is 0 Å². The van der Waals surface area contributed by atoms with Crippen LogP contribution < -0.4 is 21.6 Å². The van der Waals surface area contributed by atoms with Gasteiger partial charge in [0, 0.05) is 6.20 Å². The molecular weight excluding hydrogens is 406 g/mol. The van der Waals surface area contributed by atoms with Crippen molar-refractivity contribution in [2.75, 3.05) is 5.43 Å². The number of nitrogens with zero attached hydrogens (tertiary/aromatic N) is 3. The molecule has 0 amide bonds. The summed E-state index contributed by atoms with van der Waals surface area (Å²) in [5.41, 5.74) is 9.27. The van der Waals surface area contributed by atoms with Gasteiger partial charge in [-0.3, -0.25) is 9.20 Å². The number of nitrogens with one attached hydrogen (secondary N) is 2. The molecule has 0 saturated heterocycles. The van der Waals surface area contributed by atoms with E-state index in [9.17, 15) is 14.9 Å². The van der Waals surface area contributed by atoms with E-state index in [0.717, 1.165) is 0 Å². The van der Waals surface area contributed by atoms with Gasteiger partial charge in [0.25, 0.3) is 5.56 Å². The van der Waals surface area contributed by atoms with Gasteiger partial charge in [0.1, 0.15) is 6.07 Å². The Morgan fingerprint density at radius 1 is 1.19 bits per heavy atom. The van der Waals surface area contributed by atoms with Crippen molar-refractivity contribution in [3.05, 3.63) is 80.8 Å². The molecular formula is C24H21N5O3. The molecule has 0 bridgehead atoms. The Kier molecular flexibility index (Phi) is 5.48. The summed E-state index contributed by atoms with van der Waals surface area (Å²) < 4.78 is 6.63. The minimum Gasteiger partial charge on any atom is -0.459 e. The number of esters is 1. The molecule has 8 heteroatoms. The summed E-state index contributed by atoms with van der Waals surface area (Å²) in [4.78, 5) is 29.6. The fourth-order valence-corrected chi connectivity index (χ4v) is 3.45. The minimum absolute atomic E-state index is 0.190. The van der Waals surface area contributed by atoms with E-state index in [0.29, 0.717) is 44.3 Å². The number of hydrogen-bond donors (Lipinski definition) is 2. The number of pyridine rings is 1. The van der Waals surface area contributed by atoms with Crippen LogP contribution in [0.15, 0.2) is 53.3 Å². The van der Waals surface area contributed by atoms with Gasteiger partial charge in [0.15, 0.2) is 5.65 Å². The van der Waals surface area contributed by atoms with E-state index < -0.39 is 0 Å². The molecule has 32 heavy (non-hydrogen) atoms. The highest BCUT2D eigenvalue weighted by atomic mass is 16.5. The molecule has 4 aromatic rings. The second-order valence-corrected chi connectivity index (χ2v) is 7.54. The van der Waals surface area contributed by atoms with Crippen LogP contribution in [0.3, 0.4) is 0 Å². The Hall–Kier alpha value is -4.38. The van der Waals surface area contributed by atoms with E-state index in [1.165, 1.54) is 10.6 Å². The van der Waals surface area contributed by atoms with E-state index in [-0.39, 0.29) is 17.6 Å². The number of aromatic nitrogens is 2. The number of ether oxygens (including phenoxy) is 1. The predicted octanol–water partition coefficient (Wildman–Crippen LogP) is 2.67. The number of carbonyl (C=O) groups excluding carboxylic acids is 1. The first-order valence-corrected chi connectivity index (χ1v) is 10.1. The maximum atomic E-state index is 13.2. The quantitative estimate of drug-likeness (QED) is 0.372. The molecule has 8 nitrogen and oxygen atoms in total. The Balaban J connectivity index is 1.66. The maximum absolute atomic E-state index is 13.2. The molecule has 0 aliphatic carbocycles. The second kappa shape index (κ2) is 8.40. The molecule has 0 fully saturated rings. The SMILES string of the molecule is Cc1c(C#N)c2nc3ccccc3n2c(=O)/c1=C\NNc1ccc(C(=O)OC(C)C)cc1. The number of hydrogen-bond acceptors (Lipinski definition) is 7. The number of para-hydroxylation sites is 2. The average molecular weight is 427 g/mol. The van der Waals surface area contributed by atoms with Gasteiger partial charge in [-0.25, -0.2) is 9.78 Å². The van der Waals surface area contributed by atoms with E-state index in [2.05, 4.69) is 21.9 Å². The number of hydrazine groups is 1. The summed E-state index contributed by atoms with van der Waals surface area (Å²) in [7, 11) is 0. The van der Waals surface area contributed by atoms with Gasteiger partial charge >= 0.3 is 5.97 Å². The normalized spacial score (nSPS) is 11.7. The highest BCUT2D eigenvalue weighted by Crippen LogP contribution is 2.17. The fraction of sp³-hybridized carbons (Fsp3) is 0.167. The second-order valence-electron chi connectivity index (χ2n) is 7.54. The molecule has 2 heterocycles. The van der Waals surface area contributed by atoms with Crippen molar-refractivity contribution < 1.29 is 9.53 Å². The van der Waals surface area contributed by atoms with Crippen molar-refractivity contribution in [3.8, 4) is 6.07 Å². The van der Waals surface area contributed by atoms with Crippen molar-refractivity contribution in [1.82, 2.24) is 14.8 Å². The summed E-state index contributed by atoms with van der Waals surface area (Å²) in [6, 6.07) is 16.2. The highest BCUT2D eigenvalue weighted by molar-refractivity contribution is 5.90. The topological polar surface area (TPSA) is 109 Å². The molecule has 2 aromatic heterocycles. The molecule has 0 atom stereocenters. The van der Waals surface area contributed by atoms with E-state index >= 15 is 0 Å². The van der Waals surface area contributed by atoms with Gasteiger partial charge < -0.3 is 15.6 Å². The van der Waals surface area contributed by atoms with Crippen molar-refractivity contribution >= 4 is 34.5 Å². The number of nitriles is 1. The van der Waals surface area contributed by atoms with Gasteiger partial charge in [0.05, 0.1) is 39.2 Å². The maximum Gasteiger partial charge on any atom is 0.338 e. The molecule has 0 saturated carbocycles. The molecule has 2 aromatic carbocycles. The third-order valence-corrected chi connectivity index (χ3v) is 5.01. The first-order chi connectivity index (χ1) is 15.4. The molecule has 2 N–H and O–H groups in total. The lowest BCUT2D eigenvalue weighted by Gasteiger charge is -2.09. The predicted molar refractivity (Wildman–Crippen MR) is 122 cm³/mol. The largest absolute Gasteiger partial charge is 0.459 e. The third kappa shape index (κ3) is 3.72. The first kappa shape index (κ1) is 20.9. The third-order valence-electron chi connectivity index (χ3n) is 5.01. The number of carbonyl (C=O) groups is 1. The summed E-state index contributed by atoms with van der Waals surface area (Å²) >= 11 is 0. The number of rotatable bonds is 5. The summed E-state index contributed by atoms with van der Waals surface area (Å²) in [5, 5.41) is 10.0. The summed E-state index contributed by atoms with van der Waals surface area (Å²) in [6.45, 7) is 5.31. The van der Waals surface area contributed by atoms with Crippen LogP contribution in [-0.2, 0) is 4.74 Å². The van der Waals surface area contributed by atoms with Crippen LogP contribution >= 0.6 is 0 Å². The Morgan fingerprint density at radius 2 is 1.91 bits per heavy atom. The molecule has 160 valence electrons. The van der Waals surface area contributed by atoms with Crippen molar-refractivity contribution in [3.63, 3.8) is 0 Å². The van der Waals surface area contributed by atoms with Crippen LogP contribution in [-0.4, -0.2) is 21.5 Å². The zero-order valence-corrected chi connectivity index (χ0v) is 17.8. The Morgan fingerprint density at radius 3 is 2.59 bits per heavy atom. The first-order valence-electron chi connectivity index (χ1n) is 10.1. The lowest BCUT2D eigenvalue weighted by atomic mass is 10.1. The summed E-state index contributed by atoms with van der Waals surface area (Å²) in [5.74, 6) is -0.386. The lowest BCUT2D eigenvalue weighted by molar-refractivity contribution is 0.0378. The summed E-state index contributed by atoms with van der Waals surface area (Å²) in [6.07, 6.45) is 1.33. The lowest BCUT2D eigenvalue weighted by Crippen LogP contribution is -2.36. The zero-order chi connectivity index (χ0) is 22.8. The van der Waals surface area contributed by atoms with Gasteiger partial charge in [-0.1, -0.05) is 12.1 Å². The van der Waals surface area contributed by atoms with Crippen LogP contribution in [0.5, 0.6) is 0 Å². The molecule has 0 aliphatic rings. The van der Waals surface area contributed by atoms with E-state index in [1.54, 1.807) is 51.1 Å². The molecule has 0 spiro atoms. The zero-order valence-electron chi connectivity index (χ0n) is 17.8. The van der Waals surface area contributed by atoms with Crippen molar-refractivity contribution in [2.45, 2.75) is 26.9 Å². The standard InChI is InChI=1S/C24H21N5O3/c1-14(2)32-24(31)16-8-10-17(11-9-16)28-26-13-19-15(3)18(12-25)22-27-20-6-4-5-7-21(20)29(22)23(19)30/h4-11,13-14,26,28H,1-3H3/b19-13-. The molecule has 0 radical (unpaired) electrons. The molecule has 0 aliphatic heterocycles. The highest BCUT2D eigenvalue weighted by Gasteiger charge is 2.16.